The zero-order valence-electron chi connectivity index (χ0n) is 6.85. The molecule has 0 fully saturated rings. The first-order chi connectivity index (χ1) is 5.66. The van der Waals surface area contributed by atoms with E-state index in [4.69, 9.17) is 5.73 Å². The predicted molar refractivity (Wildman–Crippen MR) is 44.0 cm³/mol. The van der Waals surface area contributed by atoms with Gasteiger partial charge in [0.15, 0.2) is 0 Å². The molecule has 1 rings (SSSR count). The SMILES string of the molecule is Cc1cccc(F)c1C(F)CN. The van der Waals surface area contributed by atoms with Crippen LogP contribution in [0.2, 0.25) is 0 Å². The molecule has 0 bridgehead atoms. The van der Waals surface area contributed by atoms with Crippen molar-refractivity contribution in [3.63, 3.8) is 0 Å². The maximum Gasteiger partial charge on any atom is 0.140 e. The molecule has 0 spiro atoms. The van der Waals surface area contributed by atoms with Crippen molar-refractivity contribution in [3.8, 4) is 0 Å². The van der Waals surface area contributed by atoms with Crippen LogP contribution < -0.4 is 5.73 Å². The van der Waals surface area contributed by atoms with Gasteiger partial charge in [0, 0.05) is 12.1 Å². The van der Waals surface area contributed by atoms with Gasteiger partial charge in [0.25, 0.3) is 0 Å². The molecule has 1 unspecified atom stereocenters. The lowest BCUT2D eigenvalue weighted by atomic mass is 10.0. The van der Waals surface area contributed by atoms with Gasteiger partial charge in [-0.25, -0.2) is 8.78 Å². The molecule has 3 heteroatoms. The van der Waals surface area contributed by atoms with Gasteiger partial charge in [-0.2, -0.15) is 0 Å². The zero-order chi connectivity index (χ0) is 9.14. The Morgan fingerprint density at radius 1 is 1.50 bits per heavy atom. The van der Waals surface area contributed by atoms with Crippen LogP contribution in [0.1, 0.15) is 17.3 Å². The quantitative estimate of drug-likeness (QED) is 0.724. The fourth-order valence-electron chi connectivity index (χ4n) is 1.16. The third kappa shape index (κ3) is 1.61. The van der Waals surface area contributed by atoms with Crippen molar-refractivity contribution in [2.75, 3.05) is 6.54 Å². The smallest absolute Gasteiger partial charge is 0.140 e. The molecule has 1 aromatic carbocycles. The van der Waals surface area contributed by atoms with Gasteiger partial charge in [0.05, 0.1) is 0 Å². The van der Waals surface area contributed by atoms with E-state index in [1.165, 1.54) is 6.07 Å². The third-order valence-electron chi connectivity index (χ3n) is 1.79. The molecule has 66 valence electrons. The lowest BCUT2D eigenvalue weighted by Crippen LogP contribution is -2.10. The van der Waals surface area contributed by atoms with Gasteiger partial charge in [0.1, 0.15) is 12.0 Å². The Balaban J connectivity index is 3.12. The van der Waals surface area contributed by atoms with Crippen LogP contribution >= 0.6 is 0 Å². The van der Waals surface area contributed by atoms with Crippen molar-refractivity contribution < 1.29 is 8.78 Å². The minimum Gasteiger partial charge on any atom is -0.327 e. The summed E-state index contributed by atoms with van der Waals surface area (Å²) in [4.78, 5) is 0. The minimum absolute atomic E-state index is 0.0833. The lowest BCUT2D eigenvalue weighted by molar-refractivity contribution is 0.340. The third-order valence-corrected chi connectivity index (χ3v) is 1.79. The Hall–Kier alpha value is -0.960. The summed E-state index contributed by atoms with van der Waals surface area (Å²) in [6.45, 7) is 1.49. The van der Waals surface area contributed by atoms with E-state index in [1.54, 1.807) is 19.1 Å². The van der Waals surface area contributed by atoms with Gasteiger partial charge < -0.3 is 5.73 Å². The molecule has 0 aromatic heterocycles. The summed E-state index contributed by atoms with van der Waals surface area (Å²) in [7, 11) is 0. The second kappa shape index (κ2) is 3.63. The zero-order valence-corrected chi connectivity index (χ0v) is 6.85. The standard InChI is InChI=1S/C9H11F2N/c1-6-3-2-4-7(10)9(6)8(11)5-12/h2-4,8H,5,12H2,1H3. The van der Waals surface area contributed by atoms with Crippen molar-refractivity contribution >= 4 is 0 Å². The molecule has 0 saturated carbocycles. The van der Waals surface area contributed by atoms with Crippen LogP contribution in [0, 0.1) is 12.7 Å². The summed E-state index contributed by atoms with van der Waals surface area (Å²) in [6, 6.07) is 4.46. The van der Waals surface area contributed by atoms with E-state index in [0.717, 1.165) is 0 Å². The number of halogens is 2. The molecule has 0 radical (unpaired) electrons. The highest BCUT2D eigenvalue weighted by molar-refractivity contribution is 5.29. The first kappa shape index (κ1) is 9.13. The molecule has 0 aliphatic carbocycles. The maximum atomic E-state index is 13.0. The van der Waals surface area contributed by atoms with E-state index >= 15 is 0 Å². The largest absolute Gasteiger partial charge is 0.327 e. The number of hydrogen-bond donors (Lipinski definition) is 1. The molecule has 1 aromatic rings. The molecule has 2 N–H and O–H groups in total. The molecule has 1 atom stereocenters. The van der Waals surface area contributed by atoms with E-state index in [2.05, 4.69) is 0 Å². The first-order valence-corrected chi connectivity index (χ1v) is 3.76. The van der Waals surface area contributed by atoms with E-state index in [0.29, 0.717) is 5.56 Å². The van der Waals surface area contributed by atoms with Crippen molar-refractivity contribution in [2.24, 2.45) is 5.73 Å². The average Bonchev–Trinajstić information content (AvgIpc) is 2.03. The van der Waals surface area contributed by atoms with Crippen LogP contribution in [0.25, 0.3) is 0 Å². The van der Waals surface area contributed by atoms with E-state index < -0.39 is 12.0 Å². The Kier molecular flexibility index (Phi) is 2.76. The maximum absolute atomic E-state index is 13.0. The van der Waals surface area contributed by atoms with E-state index in [1.807, 2.05) is 0 Å². The van der Waals surface area contributed by atoms with Gasteiger partial charge in [0.2, 0.25) is 0 Å². The number of nitrogens with two attached hydrogens (primary N) is 1. The number of benzene rings is 1. The van der Waals surface area contributed by atoms with Crippen LogP contribution in [-0.4, -0.2) is 6.54 Å². The predicted octanol–water partition coefficient (Wildman–Crippen LogP) is 2.10. The van der Waals surface area contributed by atoms with Crippen LogP contribution in [0.5, 0.6) is 0 Å². The Bertz CT molecular complexity index is 253. The average molecular weight is 171 g/mol. The number of aryl methyl sites for hydroxylation is 1. The fourth-order valence-corrected chi connectivity index (χ4v) is 1.16. The number of hydrogen-bond acceptors (Lipinski definition) is 1. The Labute approximate surface area is 70.2 Å². The second-order valence-electron chi connectivity index (χ2n) is 2.67. The molecular formula is C9H11F2N. The van der Waals surface area contributed by atoms with Crippen molar-refractivity contribution in [1.82, 2.24) is 0 Å². The number of alkyl halides is 1. The summed E-state index contributed by atoms with van der Waals surface area (Å²) in [5.41, 5.74) is 5.79. The van der Waals surface area contributed by atoms with Gasteiger partial charge in [-0.3, -0.25) is 0 Å². The van der Waals surface area contributed by atoms with E-state index in [9.17, 15) is 8.78 Å². The molecule has 0 aliphatic rings. The first-order valence-electron chi connectivity index (χ1n) is 3.76. The highest BCUT2D eigenvalue weighted by Crippen LogP contribution is 2.22. The van der Waals surface area contributed by atoms with Crippen LogP contribution in [-0.2, 0) is 0 Å². The molecule has 0 heterocycles. The summed E-state index contributed by atoms with van der Waals surface area (Å²) >= 11 is 0. The van der Waals surface area contributed by atoms with Crippen molar-refractivity contribution in [3.05, 3.63) is 35.1 Å². The topological polar surface area (TPSA) is 26.0 Å². The molecule has 0 amide bonds. The minimum atomic E-state index is -1.40. The number of rotatable bonds is 2. The lowest BCUT2D eigenvalue weighted by Gasteiger charge is -2.09. The van der Waals surface area contributed by atoms with E-state index in [-0.39, 0.29) is 12.1 Å². The van der Waals surface area contributed by atoms with Gasteiger partial charge in [-0.15, -0.1) is 0 Å². The molecule has 1 nitrogen and oxygen atoms in total. The van der Waals surface area contributed by atoms with Crippen LogP contribution in [0.15, 0.2) is 18.2 Å². The monoisotopic (exact) mass is 171 g/mol. The molecule has 12 heavy (non-hydrogen) atoms. The van der Waals surface area contributed by atoms with Crippen LogP contribution in [0.3, 0.4) is 0 Å². The molecule has 0 aliphatic heterocycles. The molecular weight excluding hydrogens is 160 g/mol. The summed E-state index contributed by atoms with van der Waals surface area (Å²) in [6.07, 6.45) is -1.40. The van der Waals surface area contributed by atoms with Crippen LogP contribution in [0.4, 0.5) is 8.78 Å². The van der Waals surface area contributed by atoms with Gasteiger partial charge >= 0.3 is 0 Å². The Morgan fingerprint density at radius 2 is 2.17 bits per heavy atom. The normalized spacial score (nSPS) is 13.0. The van der Waals surface area contributed by atoms with Crippen molar-refractivity contribution in [1.29, 1.82) is 0 Å². The van der Waals surface area contributed by atoms with Gasteiger partial charge in [-0.1, -0.05) is 12.1 Å². The highest BCUT2D eigenvalue weighted by atomic mass is 19.1. The van der Waals surface area contributed by atoms with Crippen molar-refractivity contribution in [2.45, 2.75) is 13.1 Å². The Morgan fingerprint density at radius 3 is 2.67 bits per heavy atom. The second-order valence-corrected chi connectivity index (χ2v) is 2.67. The summed E-state index contributed by atoms with van der Waals surface area (Å²) < 4.78 is 26.0. The summed E-state index contributed by atoms with van der Waals surface area (Å²) in [5.74, 6) is -0.520. The summed E-state index contributed by atoms with van der Waals surface area (Å²) in [5, 5.41) is 0. The fraction of sp³-hybridized carbons (Fsp3) is 0.333. The highest BCUT2D eigenvalue weighted by Gasteiger charge is 2.14. The molecule has 0 saturated heterocycles. The van der Waals surface area contributed by atoms with Gasteiger partial charge in [-0.05, 0) is 18.6 Å².